The zero-order chi connectivity index (χ0) is 19.5. The predicted molar refractivity (Wildman–Crippen MR) is 110 cm³/mol. The molecule has 0 saturated carbocycles. The van der Waals surface area contributed by atoms with Crippen molar-refractivity contribution in [3.05, 3.63) is 94.2 Å². The molecule has 1 unspecified atom stereocenters. The van der Waals surface area contributed by atoms with Gasteiger partial charge in [0, 0.05) is 22.4 Å². The van der Waals surface area contributed by atoms with E-state index in [2.05, 4.69) is 20.9 Å². The fourth-order valence-electron chi connectivity index (χ4n) is 3.34. The van der Waals surface area contributed by atoms with E-state index in [1.807, 2.05) is 54.0 Å². The fourth-order valence-corrected chi connectivity index (χ4v) is 3.69. The van der Waals surface area contributed by atoms with Crippen molar-refractivity contribution in [2.24, 2.45) is 0 Å². The summed E-state index contributed by atoms with van der Waals surface area (Å²) in [4.78, 5) is 8.76. The number of fused-ring (bicyclic) bond motifs is 1. The van der Waals surface area contributed by atoms with E-state index in [0.29, 0.717) is 18.8 Å². The van der Waals surface area contributed by atoms with Crippen LogP contribution < -0.4 is 0 Å². The van der Waals surface area contributed by atoms with Crippen LogP contribution in [-0.2, 0) is 18.0 Å². The topological polar surface area (TPSA) is 39.9 Å². The quantitative estimate of drug-likeness (QED) is 0.389. The molecule has 4 rings (SSSR count). The SMILES string of the molecule is CC(c1ccccc1F)n1c(COCc2ccncc2)nc2ccc(Br)cc21. The minimum absolute atomic E-state index is 0.222. The number of benzene rings is 2. The van der Waals surface area contributed by atoms with Crippen molar-refractivity contribution >= 4 is 27.0 Å². The maximum atomic E-state index is 14.4. The van der Waals surface area contributed by atoms with Gasteiger partial charge < -0.3 is 9.30 Å². The highest BCUT2D eigenvalue weighted by atomic mass is 79.9. The molecule has 28 heavy (non-hydrogen) atoms. The Balaban J connectivity index is 1.69. The summed E-state index contributed by atoms with van der Waals surface area (Å²) in [5.41, 5.74) is 3.46. The first-order valence-corrected chi connectivity index (χ1v) is 9.80. The second-order valence-electron chi connectivity index (χ2n) is 6.58. The number of rotatable bonds is 6. The van der Waals surface area contributed by atoms with Crippen LogP contribution in [0.2, 0.25) is 0 Å². The van der Waals surface area contributed by atoms with Crippen molar-refractivity contribution in [2.45, 2.75) is 26.2 Å². The molecule has 2 heterocycles. The molecular weight excluding hydrogens is 421 g/mol. The van der Waals surface area contributed by atoms with Gasteiger partial charge in [-0.15, -0.1) is 0 Å². The number of nitrogens with zero attached hydrogens (tertiary/aromatic N) is 3. The van der Waals surface area contributed by atoms with Crippen molar-refractivity contribution in [3.8, 4) is 0 Å². The zero-order valence-corrected chi connectivity index (χ0v) is 16.9. The van der Waals surface area contributed by atoms with Gasteiger partial charge in [-0.1, -0.05) is 34.1 Å². The van der Waals surface area contributed by atoms with E-state index in [4.69, 9.17) is 9.72 Å². The fraction of sp³-hybridized carbons (Fsp3) is 0.182. The molecule has 0 aliphatic heterocycles. The van der Waals surface area contributed by atoms with Crippen LogP contribution in [0.3, 0.4) is 0 Å². The van der Waals surface area contributed by atoms with Gasteiger partial charge >= 0.3 is 0 Å². The molecular formula is C22H19BrFN3O. The Hall–Kier alpha value is -2.57. The molecule has 1 atom stereocenters. The number of pyridine rings is 1. The minimum atomic E-state index is -0.226. The number of imidazole rings is 1. The third-order valence-electron chi connectivity index (χ3n) is 4.72. The normalized spacial score (nSPS) is 12.4. The summed E-state index contributed by atoms with van der Waals surface area (Å²) in [7, 11) is 0. The maximum absolute atomic E-state index is 14.4. The zero-order valence-electron chi connectivity index (χ0n) is 15.3. The van der Waals surface area contributed by atoms with Gasteiger partial charge in [0.05, 0.1) is 23.7 Å². The predicted octanol–water partition coefficient (Wildman–Crippen LogP) is 5.66. The van der Waals surface area contributed by atoms with E-state index < -0.39 is 0 Å². The van der Waals surface area contributed by atoms with Gasteiger partial charge in [-0.2, -0.15) is 0 Å². The Morgan fingerprint density at radius 3 is 2.64 bits per heavy atom. The molecule has 142 valence electrons. The van der Waals surface area contributed by atoms with Crippen LogP contribution in [0.4, 0.5) is 4.39 Å². The lowest BCUT2D eigenvalue weighted by molar-refractivity contribution is 0.0991. The first-order chi connectivity index (χ1) is 13.6. The molecule has 6 heteroatoms. The number of aromatic nitrogens is 3. The van der Waals surface area contributed by atoms with E-state index in [9.17, 15) is 4.39 Å². The van der Waals surface area contributed by atoms with Crippen LogP contribution in [0.1, 0.15) is 29.9 Å². The summed E-state index contributed by atoms with van der Waals surface area (Å²) < 4.78 is 23.3. The van der Waals surface area contributed by atoms with Crippen molar-refractivity contribution in [2.75, 3.05) is 0 Å². The van der Waals surface area contributed by atoms with E-state index in [-0.39, 0.29) is 11.9 Å². The molecule has 2 aromatic heterocycles. The average molecular weight is 440 g/mol. The summed E-state index contributed by atoms with van der Waals surface area (Å²) >= 11 is 3.53. The van der Waals surface area contributed by atoms with Gasteiger partial charge in [-0.3, -0.25) is 4.98 Å². The molecule has 4 aromatic rings. The number of hydrogen-bond acceptors (Lipinski definition) is 3. The van der Waals surface area contributed by atoms with Crippen LogP contribution in [0.25, 0.3) is 11.0 Å². The van der Waals surface area contributed by atoms with Gasteiger partial charge in [-0.25, -0.2) is 9.37 Å². The second-order valence-corrected chi connectivity index (χ2v) is 7.49. The molecule has 0 aliphatic rings. The van der Waals surface area contributed by atoms with Crippen LogP contribution in [0.15, 0.2) is 71.5 Å². The van der Waals surface area contributed by atoms with E-state index in [0.717, 1.165) is 26.9 Å². The third-order valence-corrected chi connectivity index (χ3v) is 5.21. The largest absolute Gasteiger partial charge is 0.369 e. The second kappa shape index (κ2) is 8.20. The number of halogens is 2. The summed E-state index contributed by atoms with van der Waals surface area (Å²) in [5, 5.41) is 0. The summed E-state index contributed by atoms with van der Waals surface area (Å²) in [5.74, 6) is 0.536. The van der Waals surface area contributed by atoms with Gasteiger partial charge in [-0.05, 0) is 48.9 Å². The van der Waals surface area contributed by atoms with Gasteiger partial charge in [0.25, 0.3) is 0 Å². The summed E-state index contributed by atoms with van der Waals surface area (Å²) in [6, 6.07) is 16.4. The lowest BCUT2D eigenvalue weighted by atomic mass is 10.1. The smallest absolute Gasteiger partial charge is 0.136 e. The lowest BCUT2D eigenvalue weighted by Gasteiger charge is -2.19. The molecule has 0 fully saturated rings. The Morgan fingerprint density at radius 1 is 1.07 bits per heavy atom. The molecule has 0 amide bonds. The highest BCUT2D eigenvalue weighted by Gasteiger charge is 2.20. The summed E-state index contributed by atoms with van der Waals surface area (Å²) in [6.07, 6.45) is 3.48. The van der Waals surface area contributed by atoms with Crippen molar-refractivity contribution < 1.29 is 9.13 Å². The van der Waals surface area contributed by atoms with Gasteiger partial charge in [0.15, 0.2) is 0 Å². The molecule has 0 spiro atoms. The molecule has 0 radical (unpaired) electrons. The molecule has 0 bridgehead atoms. The molecule has 0 saturated heterocycles. The van der Waals surface area contributed by atoms with Crippen LogP contribution in [0.5, 0.6) is 0 Å². The Labute approximate surface area is 171 Å². The Kier molecular flexibility index (Phi) is 5.50. The summed E-state index contributed by atoms with van der Waals surface area (Å²) in [6.45, 7) is 2.77. The highest BCUT2D eigenvalue weighted by molar-refractivity contribution is 9.10. The Bertz CT molecular complexity index is 1100. The molecule has 2 aromatic carbocycles. The Morgan fingerprint density at radius 2 is 1.86 bits per heavy atom. The van der Waals surface area contributed by atoms with E-state index in [1.54, 1.807) is 18.5 Å². The molecule has 4 nitrogen and oxygen atoms in total. The number of hydrogen-bond donors (Lipinski definition) is 0. The maximum Gasteiger partial charge on any atom is 0.136 e. The lowest BCUT2D eigenvalue weighted by Crippen LogP contribution is -2.13. The van der Waals surface area contributed by atoms with Crippen molar-refractivity contribution in [1.82, 2.24) is 14.5 Å². The standard InChI is InChI=1S/C22H19BrFN3O/c1-15(18-4-2-3-5-19(18)24)27-21-12-17(23)6-7-20(21)26-22(27)14-28-13-16-8-10-25-11-9-16/h2-12,15H,13-14H2,1H3. The number of ether oxygens (including phenoxy) is 1. The highest BCUT2D eigenvalue weighted by Crippen LogP contribution is 2.29. The monoisotopic (exact) mass is 439 g/mol. The van der Waals surface area contributed by atoms with Gasteiger partial charge in [0.2, 0.25) is 0 Å². The average Bonchev–Trinajstić information content (AvgIpc) is 3.06. The van der Waals surface area contributed by atoms with Crippen LogP contribution in [-0.4, -0.2) is 14.5 Å². The minimum Gasteiger partial charge on any atom is -0.369 e. The van der Waals surface area contributed by atoms with E-state index >= 15 is 0 Å². The van der Waals surface area contributed by atoms with Crippen LogP contribution >= 0.6 is 15.9 Å². The van der Waals surface area contributed by atoms with E-state index in [1.165, 1.54) is 6.07 Å². The van der Waals surface area contributed by atoms with Crippen LogP contribution in [0, 0.1) is 5.82 Å². The first-order valence-electron chi connectivity index (χ1n) is 9.01. The van der Waals surface area contributed by atoms with Crippen molar-refractivity contribution in [1.29, 1.82) is 0 Å². The molecule has 0 aliphatic carbocycles. The van der Waals surface area contributed by atoms with Crippen molar-refractivity contribution in [3.63, 3.8) is 0 Å². The molecule has 0 N–H and O–H groups in total. The third kappa shape index (κ3) is 3.84. The first kappa shape index (κ1) is 18.8. The van der Waals surface area contributed by atoms with Gasteiger partial charge in [0.1, 0.15) is 18.2 Å².